The molecule has 2 heterocycles. The normalized spacial score (nSPS) is 21.2. The second kappa shape index (κ2) is 4.95. The Morgan fingerprint density at radius 2 is 2.47 bits per heavy atom. The molecule has 2 rings (SSSR count). The monoisotopic (exact) mass is 211 g/mol. The van der Waals surface area contributed by atoms with Crippen LogP contribution >= 0.6 is 0 Å². The topological polar surface area (TPSA) is 60.7 Å². The van der Waals surface area contributed by atoms with Crippen molar-refractivity contribution in [2.45, 2.75) is 12.6 Å². The summed E-state index contributed by atoms with van der Waals surface area (Å²) < 4.78 is 15.5. The third-order valence-corrected chi connectivity index (χ3v) is 2.13. The zero-order chi connectivity index (χ0) is 10.5. The highest BCUT2D eigenvalue weighted by Gasteiger charge is 2.22. The first-order valence-electron chi connectivity index (χ1n) is 4.86. The third-order valence-electron chi connectivity index (χ3n) is 2.13. The summed E-state index contributed by atoms with van der Waals surface area (Å²) in [5.41, 5.74) is 0. The minimum Gasteiger partial charge on any atom is -0.467 e. The van der Waals surface area contributed by atoms with E-state index in [1.165, 1.54) is 0 Å². The number of hydrogen-bond donors (Lipinski definition) is 1. The minimum absolute atomic E-state index is 0.161. The van der Waals surface area contributed by atoms with Crippen molar-refractivity contribution >= 4 is 5.91 Å². The minimum atomic E-state index is -0.492. The van der Waals surface area contributed by atoms with Gasteiger partial charge in [0.05, 0.1) is 32.6 Å². The molecule has 1 fully saturated rings. The Hall–Kier alpha value is -1.33. The molecule has 0 aliphatic carbocycles. The summed E-state index contributed by atoms with van der Waals surface area (Å²) in [5, 5.41) is 2.72. The van der Waals surface area contributed by atoms with E-state index in [2.05, 4.69) is 5.32 Å². The molecule has 82 valence electrons. The highest BCUT2D eigenvalue weighted by atomic mass is 16.6. The Morgan fingerprint density at radius 3 is 3.13 bits per heavy atom. The second-order valence-corrected chi connectivity index (χ2v) is 3.23. The Labute approximate surface area is 87.3 Å². The predicted octanol–water partition coefficient (Wildman–Crippen LogP) is 0.311. The van der Waals surface area contributed by atoms with E-state index in [0.717, 1.165) is 5.76 Å². The lowest BCUT2D eigenvalue weighted by Gasteiger charge is -2.21. The predicted molar refractivity (Wildman–Crippen MR) is 51.1 cm³/mol. The molecule has 5 heteroatoms. The molecule has 0 saturated carbocycles. The van der Waals surface area contributed by atoms with Gasteiger partial charge >= 0.3 is 0 Å². The Balaban J connectivity index is 1.76. The summed E-state index contributed by atoms with van der Waals surface area (Å²) in [6.45, 7) is 1.73. The number of amides is 1. The molecule has 1 aliphatic rings. The van der Waals surface area contributed by atoms with Crippen molar-refractivity contribution in [2.75, 3.05) is 19.8 Å². The summed E-state index contributed by atoms with van der Waals surface area (Å²) in [6.07, 6.45) is 1.08. The molecule has 1 N–H and O–H groups in total. The van der Waals surface area contributed by atoms with Gasteiger partial charge < -0.3 is 19.2 Å². The molecule has 1 aliphatic heterocycles. The fourth-order valence-corrected chi connectivity index (χ4v) is 1.34. The number of hydrogen-bond acceptors (Lipinski definition) is 4. The highest BCUT2D eigenvalue weighted by molar-refractivity contribution is 5.80. The lowest BCUT2D eigenvalue weighted by atomic mass is 10.3. The molecular weight excluding hydrogens is 198 g/mol. The maximum absolute atomic E-state index is 11.5. The van der Waals surface area contributed by atoms with E-state index in [0.29, 0.717) is 26.4 Å². The quantitative estimate of drug-likeness (QED) is 0.781. The van der Waals surface area contributed by atoms with Crippen LogP contribution < -0.4 is 5.32 Å². The average Bonchev–Trinajstić information content (AvgIpc) is 2.80. The molecule has 0 aromatic carbocycles. The zero-order valence-corrected chi connectivity index (χ0v) is 8.27. The van der Waals surface area contributed by atoms with Crippen LogP contribution in [-0.2, 0) is 20.8 Å². The van der Waals surface area contributed by atoms with E-state index in [1.807, 2.05) is 0 Å². The van der Waals surface area contributed by atoms with Gasteiger partial charge in [-0.3, -0.25) is 4.79 Å². The van der Waals surface area contributed by atoms with Crippen molar-refractivity contribution in [1.82, 2.24) is 5.32 Å². The van der Waals surface area contributed by atoms with Gasteiger partial charge in [-0.05, 0) is 12.1 Å². The summed E-state index contributed by atoms with van der Waals surface area (Å²) in [4.78, 5) is 11.5. The smallest absolute Gasteiger partial charge is 0.251 e. The summed E-state index contributed by atoms with van der Waals surface area (Å²) in [6, 6.07) is 3.58. The number of rotatable bonds is 3. The van der Waals surface area contributed by atoms with Crippen LogP contribution in [0.4, 0.5) is 0 Å². The molecule has 0 unspecified atom stereocenters. The van der Waals surface area contributed by atoms with Crippen molar-refractivity contribution in [1.29, 1.82) is 0 Å². The first-order chi connectivity index (χ1) is 7.36. The molecule has 0 spiro atoms. The van der Waals surface area contributed by atoms with Crippen LogP contribution in [0.3, 0.4) is 0 Å². The van der Waals surface area contributed by atoms with Gasteiger partial charge in [0.2, 0.25) is 0 Å². The lowest BCUT2D eigenvalue weighted by Crippen LogP contribution is -2.42. The van der Waals surface area contributed by atoms with Crippen molar-refractivity contribution in [3.05, 3.63) is 24.2 Å². The molecule has 1 saturated heterocycles. The maximum atomic E-state index is 11.5. The van der Waals surface area contributed by atoms with Gasteiger partial charge in [-0.15, -0.1) is 0 Å². The molecule has 1 atom stereocenters. The van der Waals surface area contributed by atoms with Crippen LogP contribution in [0.15, 0.2) is 22.8 Å². The maximum Gasteiger partial charge on any atom is 0.251 e. The van der Waals surface area contributed by atoms with Gasteiger partial charge in [0.1, 0.15) is 5.76 Å². The van der Waals surface area contributed by atoms with Gasteiger partial charge in [-0.2, -0.15) is 0 Å². The van der Waals surface area contributed by atoms with E-state index >= 15 is 0 Å². The van der Waals surface area contributed by atoms with E-state index < -0.39 is 6.10 Å². The van der Waals surface area contributed by atoms with E-state index in [1.54, 1.807) is 18.4 Å². The summed E-state index contributed by atoms with van der Waals surface area (Å²) in [7, 11) is 0. The molecule has 1 amide bonds. The van der Waals surface area contributed by atoms with Crippen LogP contribution in [0, 0.1) is 0 Å². The molecule has 1 aromatic rings. The van der Waals surface area contributed by atoms with Crippen LogP contribution in [0.25, 0.3) is 0 Å². The number of carbonyl (C=O) groups is 1. The van der Waals surface area contributed by atoms with Crippen molar-refractivity contribution < 1.29 is 18.7 Å². The van der Waals surface area contributed by atoms with Crippen molar-refractivity contribution in [3.63, 3.8) is 0 Å². The fraction of sp³-hybridized carbons (Fsp3) is 0.500. The fourth-order valence-electron chi connectivity index (χ4n) is 1.34. The molecule has 0 bridgehead atoms. The van der Waals surface area contributed by atoms with Gasteiger partial charge in [-0.1, -0.05) is 0 Å². The average molecular weight is 211 g/mol. The van der Waals surface area contributed by atoms with Crippen LogP contribution in [0.5, 0.6) is 0 Å². The first kappa shape index (κ1) is 10.2. The molecular formula is C10H13NO4. The van der Waals surface area contributed by atoms with Gasteiger partial charge in [0.25, 0.3) is 5.91 Å². The Morgan fingerprint density at radius 1 is 1.53 bits per heavy atom. The number of furan rings is 1. The van der Waals surface area contributed by atoms with Crippen LogP contribution in [0.1, 0.15) is 5.76 Å². The van der Waals surface area contributed by atoms with Gasteiger partial charge in [-0.25, -0.2) is 0 Å². The number of ether oxygens (including phenoxy) is 2. The largest absolute Gasteiger partial charge is 0.467 e. The Bertz CT molecular complexity index is 303. The summed E-state index contributed by atoms with van der Waals surface area (Å²) in [5.74, 6) is 0.561. The van der Waals surface area contributed by atoms with Crippen molar-refractivity contribution in [3.8, 4) is 0 Å². The summed E-state index contributed by atoms with van der Waals surface area (Å²) >= 11 is 0. The highest BCUT2D eigenvalue weighted by Crippen LogP contribution is 2.02. The van der Waals surface area contributed by atoms with Crippen molar-refractivity contribution in [2.24, 2.45) is 0 Å². The first-order valence-corrected chi connectivity index (χ1v) is 4.86. The van der Waals surface area contributed by atoms with Crippen LogP contribution in [0.2, 0.25) is 0 Å². The standard InChI is InChI=1S/C10H13NO4/c12-10(9-7-13-4-5-15-9)11-6-8-2-1-3-14-8/h1-3,9H,4-7H2,(H,11,12)/t9-/m1/s1. The number of nitrogens with one attached hydrogen (secondary N) is 1. The molecule has 0 radical (unpaired) electrons. The SMILES string of the molecule is O=C(NCc1ccco1)[C@H]1COCCO1. The Kier molecular flexibility index (Phi) is 3.37. The molecule has 5 nitrogen and oxygen atoms in total. The second-order valence-electron chi connectivity index (χ2n) is 3.23. The lowest BCUT2D eigenvalue weighted by molar-refractivity contribution is -0.147. The zero-order valence-electron chi connectivity index (χ0n) is 8.27. The molecule has 15 heavy (non-hydrogen) atoms. The van der Waals surface area contributed by atoms with E-state index in [-0.39, 0.29) is 5.91 Å². The number of carbonyl (C=O) groups excluding carboxylic acids is 1. The molecule has 1 aromatic heterocycles. The third kappa shape index (κ3) is 2.81. The van der Waals surface area contributed by atoms with E-state index in [4.69, 9.17) is 13.9 Å². The van der Waals surface area contributed by atoms with Crippen LogP contribution in [-0.4, -0.2) is 31.8 Å². The van der Waals surface area contributed by atoms with E-state index in [9.17, 15) is 4.79 Å². The van der Waals surface area contributed by atoms with Gasteiger partial charge in [0, 0.05) is 0 Å². The van der Waals surface area contributed by atoms with Gasteiger partial charge in [0.15, 0.2) is 6.10 Å².